The summed E-state index contributed by atoms with van der Waals surface area (Å²) in [7, 11) is -3.83. The van der Waals surface area contributed by atoms with Crippen LogP contribution in [0.15, 0.2) is 83.1 Å². The number of nitrogens with one attached hydrogen (secondary N) is 1. The number of nitrogens with zero attached hydrogens (tertiary/aromatic N) is 2. The molecule has 4 aromatic rings. The number of halogens is 1. The molecule has 8 nitrogen and oxygen atoms in total. The summed E-state index contributed by atoms with van der Waals surface area (Å²) < 4.78 is 33.1. The molecule has 2 heterocycles. The molecule has 0 saturated carbocycles. The predicted octanol–water partition coefficient (Wildman–Crippen LogP) is 5.01. The quantitative estimate of drug-likeness (QED) is 0.315. The maximum atomic E-state index is 13.3. The normalized spacial score (nSPS) is 13.5. The Bertz CT molecular complexity index is 1620. The minimum absolute atomic E-state index is 0.00864. The first-order chi connectivity index (χ1) is 18.3. The van der Waals surface area contributed by atoms with E-state index < -0.39 is 28.5 Å². The van der Waals surface area contributed by atoms with Crippen molar-refractivity contribution in [2.75, 3.05) is 18.5 Å². The number of benzene rings is 3. The van der Waals surface area contributed by atoms with Crippen LogP contribution in [0.3, 0.4) is 0 Å². The number of esters is 1. The van der Waals surface area contributed by atoms with E-state index in [9.17, 15) is 18.0 Å². The highest BCUT2D eigenvalue weighted by Crippen LogP contribution is 2.30. The van der Waals surface area contributed by atoms with Gasteiger partial charge in [0.1, 0.15) is 0 Å². The van der Waals surface area contributed by atoms with E-state index in [1.165, 1.54) is 39.9 Å². The van der Waals surface area contributed by atoms with Crippen molar-refractivity contribution >= 4 is 50.0 Å². The second-order valence-electron chi connectivity index (χ2n) is 8.53. The van der Waals surface area contributed by atoms with E-state index in [0.717, 1.165) is 16.7 Å². The molecule has 0 unspecified atom stereocenters. The minimum atomic E-state index is -3.83. The van der Waals surface area contributed by atoms with Gasteiger partial charge < -0.3 is 4.74 Å². The summed E-state index contributed by atoms with van der Waals surface area (Å²) in [5.74, 6) is -1.38. The molecule has 0 spiro atoms. The Labute approximate surface area is 228 Å². The molecule has 3 aromatic carbocycles. The van der Waals surface area contributed by atoms with Crippen LogP contribution in [0.1, 0.15) is 21.5 Å². The molecule has 0 bridgehead atoms. The molecule has 194 valence electrons. The third-order valence-electron chi connectivity index (χ3n) is 6.04. The van der Waals surface area contributed by atoms with Gasteiger partial charge in [-0.25, -0.2) is 18.2 Å². The average molecular weight is 568 g/mol. The third-order valence-corrected chi connectivity index (χ3v) is 8.97. The second-order valence-corrected chi connectivity index (χ2v) is 11.7. The van der Waals surface area contributed by atoms with Gasteiger partial charge in [-0.2, -0.15) is 4.31 Å². The fraction of sp³-hybridized carbons (Fsp3) is 0.148. The first kappa shape index (κ1) is 26.1. The lowest BCUT2D eigenvalue weighted by Crippen LogP contribution is -2.36. The zero-order chi connectivity index (χ0) is 26.7. The standard InChI is InChI=1S/C27H22ClN3O5S2/c28-23-11-4-3-10-22(23)24-17-37-27(29-24)30-25(32)16-36-26(33)19-8-5-9-21(14-19)38(34,35)31-13-12-18-6-1-2-7-20(18)15-31/h1-11,14,17H,12-13,15-16H2,(H,29,30,32). The Hall–Kier alpha value is -3.57. The maximum Gasteiger partial charge on any atom is 0.338 e. The number of anilines is 1. The molecule has 11 heteroatoms. The van der Waals surface area contributed by atoms with E-state index in [1.54, 1.807) is 11.4 Å². The van der Waals surface area contributed by atoms with Crippen LogP contribution in [0.25, 0.3) is 11.3 Å². The maximum absolute atomic E-state index is 13.3. The van der Waals surface area contributed by atoms with Crippen LogP contribution in [0.2, 0.25) is 5.02 Å². The lowest BCUT2D eigenvalue weighted by molar-refractivity contribution is -0.119. The number of amides is 1. The molecule has 0 aliphatic carbocycles. The summed E-state index contributed by atoms with van der Waals surface area (Å²) in [6.07, 6.45) is 0.616. The van der Waals surface area contributed by atoms with Crippen LogP contribution in [0, 0.1) is 0 Å². The number of aromatic nitrogens is 1. The van der Waals surface area contributed by atoms with Crippen molar-refractivity contribution in [2.45, 2.75) is 17.9 Å². The van der Waals surface area contributed by atoms with E-state index in [0.29, 0.717) is 28.8 Å². The number of fused-ring (bicyclic) bond motifs is 1. The van der Waals surface area contributed by atoms with E-state index in [4.69, 9.17) is 16.3 Å². The molecular weight excluding hydrogens is 546 g/mol. The highest BCUT2D eigenvalue weighted by Gasteiger charge is 2.29. The van der Waals surface area contributed by atoms with Crippen LogP contribution >= 0.6 is 22.9 Å². The Balaban J connectivity index is 1.20. The van der Waals surface area contributed by atoms with Crippen LogP contribution < -0.4 is 5.32 Å². The monoisotopic (exact) mass is 567 g/mol. The van der Waals surface area contributed by atoms with Gasteiger partial charge in [-0.15, -0.1) is 11.3 Å². The van der Waals surface area contributed by atoms with Crippen LogP contribution in [-0.4, -0.2) is 42.7 Å². The van der Waals surface area contributed by atoms with E-state index in [2.05, 4.69) is 10.3 Å². The van der Waals surface area contributed by atoms with Crippen molar-refractivity contribution < 1.29 is 22.7 Å². The van der Waals surface area contributed by atoms with Crippen LogP contribution in [-0.2, 0) is 32.5 Å². The summed E-state index contributed by atoms with van der Waals surface area (Å²) in [4.78, 5) is 29.3. The summed E-state index contributed by atoms with van der Waals surface area (Å²) in [6.45, 7) is 0.0607. The fourth-order valence-corrected chi connectivity index (χ4v) is 6.53. The molecule has 1 N–H and O–H groups in total. The molecule has 0 fully saturated rings. The van der Waals surface area contributed by atoms with Gasteiger partial charge >= 0.3 is 5.97 Å². The topological polar surface area (TPSA) is 106 Å². The Morgan fingerprint density at radius 1 is 1.03 bits per heavy atom. The van der Waals surface area contributed by atoms with Gasteiger partial charge in [0.05, 0.1) is 16.2 Å². The van der Waals surface area contributed by atoms with Crippen molar-refractivity contribution in [3.8, 4) is 11.3 Å². The van der Waals surface area contributed by atoms with Crippen LogP contribution in [0.5, 0.6) is 0 Å². The van der Waals surface area contributed by atoms with Gasteiger partial charge in [0, 0.05) is 29.1 Å². The Morgan fingerprint density at radius 3 is 2.61 bits per heavy atom. The number of rotatable bonds is 7. The molecule has 5 rings (SSSR count). The summed E-state index contributed by atoms with van der Waals surface area (Å²) >= 11 is 7.41. The summed E-state index contributed by atoms with van der Waals surface area (Å²) in [5.41, 5.74) is 3.48. The minimum Gasteiger partial charge on any atom is -0.452 e. The highest BCUT2D eigenvalue weighted by molar-refractivity contribution is 7.89. The Morgan fingerprint density at radius 2 is 1.79 bits per heavy atom. The number of sulfonamides is 1. The van der Waals surface area contributed by atoms with Gasteiger partial charge in [0.15, 0.2) is 11.7 Å². The number of carbonyl (C=O) groups is 2. The molecule has 1 aromatic heterocycles. The van der Waals surface area contributed by atoms with Gasteiger partial charge in [0.2, 0.25) is 10.0 Å². The number of ether oxygens (including phenoxy) is 1. The SMILES string of the molecule is O=C(COC(=O)c1cccc(S(=O)(=O)N2CCc3ccccc3C2)c1)Nc1nc(-c2ccccc2Cl)cs1. The lowest BCUT2D eigenvalue weighted by atomic mass is 10.0. The van der Waals surface area contributed by atoms with Crippen molar-refractivity contribution in [1.29, 1.82) is 0 Å². The smallest absolute Gasteiger partial charge is 0.338 e. The Kier molecular flexibility index (Phi) is 7.57. The first-order valence-corrected chi connectivity index (χ1v) is 14.4. The molecule has 1 aliphatic heterocycles. The molecule has 0 saturated heterocycles. The fourth-order valence-electron chi connectivity index (χ4n) is 4.10. The van der Waals surface area contributed by atoms with Gasteiger partial charge in [-0.05, 0) is 41.8 Å². The van der Waals surface area contributed by atoms with Crippen molar-refractivity contribution in [1.82, 2.24) is 9.29 Å². The molecule has 0 atom stereocenters. The van der Waals surface area contributed by atoms with Gasteiger partial charge in [-0.3, -0.25) is 10.1 Å². The van der Waals surface area contributed by atoms with E-state index in [-0.39, 0.29) is 17.0 Å². The van der Waals surface area contributed by atoms with Crippen molar-refractivity contribution in [3.05, 3.63) is 99.9 Å². The molecule has 1 amide bonds. The zero-order valence-electron chi connectivity index (χ0n) is 20.0. The lowest BCUT2D eigenvalue weighted by Gasteiger charge is -2.28. The van der Waals surface area contributed by atoms with Crippen molar-refractivity contribution in [2.24, 2.45) is 0 Å². The average Bonchev–Trinajstić information content (AvgIpc) is 3.39. The zero-order valence-corrected chi connectivity index (χ0v) is 22.4. The highest BCUT2D eigenvalue weighted by atomic mass is 35.5. The molecule has 1 aliphatic rings. The largest absolute Gasteiger partial charge is 0.452 e. The third kappa shape index (κ3) is 5.63. The van der Waals surface area contributed by atoms with Crippen LogP contribution in [0.4, 0.5) is 5.13 Å². The molecule has 0 radical (unpaired) electrons. The van der Waals surface area contributed by atoms with Gasteiger partial charge in [0.25, 0.3) is 5.91 Å². The predicted molar refractivity (Wildman–Crippen MR) is 146 cm³/mol. The summed E-state index contributed by atoms with van der Waals surface area (Å²) in [6, 6.07) is 20.6. The molecular formula is C27H22ClN3O5S2. The number of hydrogen-bond donors (Lipinski definition) is 1. The first-order valence-electron chi connectivity index (χ1n) is 11.7. The van der Waals surface area contributed by atoms with E-state index >= 15 is 0 Å². The van der Waals surface area contributed by atoms with Gasteiger partial charge in [-0.1, -0.05) is 60.1 Å². The summed E-state index contributed by atoms with van der Waals surface area (Å²) in [5, 5.41) is 5.22. The number of thiazole rings is 1. The number of carbonyl (C=O) groups excluding carboxylic acids is 2. The van der Waals surface area contributed by atoms with E-state index in [1.807, 2.05) is 42.5 Å². The molecule has 38 heavy (non-hydrogen) atoms. The van der Waals surface area contributed by atoms with Crippen molar-refractivity contribution in [3.63, 3.8) is 0 Å². The second kappa shape index (κ2) is 11.0. The number of hydrogen-bond acceptors (Lipinski definition) is 7.